The highest BCUT2D eigenvalue weighted by Gasteiger charge is 2.37. The van der Waals surface area contributed by atoms with Crippen LogP contribution < -0.4 is 10.2 Å². The number of amides is 1. The Hall–Kier alpha value is -2.40. The average Bonchev–Trinajstić information content (AvgIpc) is 2.70. The minimum Gasteiger partial charge on any atom is -0.346 e. The van der Waals surface area contributed by atoms with Crippen molar-refractivity contribution in [3.8, 4) is 0 Å². The number of rotatable bonds is 6. The second-order valence-electron chi connectivity index (χ2n) is 9.87. The fraction of sp³-hybridized carbons (Fsp3) is 0.583. The van der Waals surface area contributed by atoms with Gasteiger partial charge in [0.25, 0.3) is 0 Å². The number of carbonyl (C=O) groups excluding carboxylic acids is 1. The van der Waals surface area contributed by atoms with Gasteiger partial charge in [0.05, 0.1) is 5.69 Å². The fourth-order valence-electron chi connectivity index (χ4n) is 4.95. The number of pyridine rings is 1. The Morgan fingerprint density at radius 1 is 1.23 bits per heavy atom. The molecule has 0 saturated heterocycles. The zero-order valence-electron chi connectivity index (χ0n) is 20.6. The molecule has 35 heavy (non-hydrogen) atoms. The zero-order chi connectivity index (χ0) is 24.8. The Kier molecular flexibility index (Phi) is 8.00. The minimum atomic E-state index is -4.42. The van der Waals surface area contributed by atoms with Crippen LogP contribution in [0, 0.1) is 18.8 Å². The van der Waals surface area contributed by atoms with Crippen LogP contribution in [0.15, 0.2) is 18.3 Å². The number of hydrogen-bond acceptors (Lipinski definition) is 6. The maximum absolute atomic E-state index is 12.7. The number of fused-ring (bicyclic) bond motifs is 1. The van der Waals surface area contributed by atoms with E-state index in [0.29, 0.717) is 24.2 Å². The first kappa shape index (κ1) is 27.2. The van der Waals surface area contributed by atoms with Gasteiger partial charge in [-0.15, -0.1) is 0 Å². The molecular weight excluding hydrogens is 477 g/mol. The second-order valence-corrected chi connectivity index (χ2v) is 9.87. The van der Waals surface area contributed by atoms with Crippen LogP contribution in [0.4, 0.5) is 24.7 Å². The largest absolute Gasteiger partial charge is 0.433 e. The van der Waals surface area contributed by atoms with Gasteiger partial charge in [0, 0.05) is 32.3 Å². The van der Waals surface area contributed by atoms with Crippen molar-refractivity contribution in [2.75, 3.05) is 24.3 Å². The van der Waals surface area contributed by atoms with E-state index in [2.05, 4.69) is 20.2 Å². The Bertz CT molecular complexity index is 1060. The molecule has 0 bridgehead atoms. The molecule has 2 aromatic heterocycles. The number of carbonyl (C=O) groups is 1. The van der Waals surface area contributed by atoms with Crippen LogP contribution in [0.5, 0.6) is 0 Å². The van der Waals surface area contributed by atoms with Crippen LogP contribution in [0.3, 0.4) is 0 Å². The highest BCUT2D eigenvalue weighted by atomic mass is 32.1. The Morgan fingerprint density at radius 3 is 2.49 bits per heavy atom. The number of nitrogens with zero attached hydrogens (tertiary/aromatic N) is 5. The standard InChI is InChI=1S/C24H31F3N6O.H2S/c1-13(2)21-23(34)31-20-14(3)29-19(30-22(20)33(21)5)10-16-8-17(9-16)32(4)12-15-6-7-18(28-11-15)24(25,26)27;/h6-7,11,13,16-17,21H,8-10,12H2,1-5H3,(H,31,34);1H2/t16?,17?,21-;/m0./s1. The van der Waals surface area contributed by atoms with Crippen molar-refractivity contribution in [2.24, 2.45) is 11.8 Å². The summed E-state index contributed by atoms with van der Waals surface area (Å²) in [7, 11) is 3.89. The molecule has 1 aliphatic heterocycles. The van der Waals surface area contributed by atoms with Crippen LogP contribution >= 0.6 is 13.5 Å². The first-order valence-electron chi connectivity index (χ1n) is 11.6. The van der Waals surface area contributed by atoms with Gasteiger partial charge < -0.3 is 10.2 Å². The second kappa shape index (κ2) is 10.3. The van der Waals surface area contributed by atoms with E-state index in [1.54, 1.807) is 0 Å². The summed E-state index contributed by atoms with van der Waals surface area (Å²) < 4.78 is 38.1. The molecule has 3 heterocycles. The molecule has 1 N–H and O–H groups in total. The maximum atomic E-state index is 12.7. The van der Waals surface area contributed by atoms with E-state index in [1.807, 2.05) is 39.8 Å². The summed E-state index contributed by atoms with van der Waals surface area (Å²) >= 11 is 0. The lowest BCUT2D eigenvalue weighted by molar-refractivity contribution is -0.141. The number of likely N-dealkylation sites (N-methyl/N-ethyl adjacent to an activating group) is 1. The number of hydrogen-bond donors (Lipinski definition) is 1. The predicted octanol–water partition coefficient (Wildman–Crippen LogP) is 4.18. The number of alkyl halides is 3. The van der Waals surface area contributed by atoms with Gasteiger partial charge in [-0.1, -0.05) is 19.9 Å². The minimum absolute atomic E-state index is 0. The summed E-state index contributed by atoms with van der Waals surface area (Å²) in [5.41, 5.74) is 1.35. The summed E-state index contributed by atoms with van der Waals surface area (Å²) in [6.07, 6.45) is -0.400. The molecule has 0 spiro atoms. The van der Waals surface area contributed by atoms with Gasteiger partial charge >= 0.3 is 6.18 Å². The number of anilines is 2. The highest BCUT2D eigenvalue weighted by molar-refractivity contribution is 7.59. The summed E-state index contributed by atoms with van der Waals surface area (Å²) in [6.45, 7) is 6.49. The number of nitrogens with one attached hydrogen (secondary N) is 1. The molecule has 0 radical (unpaired) electrons. The molecule has 1 fully saturated rings. The third-order valence-corrected chi connectivity index (χ3v) is 6.87. The van der Waals surface area contributed by atoms with Crippen LogP contribution in [-0.2, 0) is 23.9 Å². The van der Waals surface area contributed by atoms with E-state index >= 15 is 0 Å². The highest BCUT2D eigenvalue weighted by Crippen LogP contribution is 2.37. The lowest BCUT2D eigenvalue weighted by Crippen LogP contribution is -2.50. The molecule has 1 aliphatic carbocycles. The van der Waals surface area contributed by atoms with Gasteiger partial charge in [0.15, 0.2) is 5.82 Å². The van der Waals surface area contributed by atoms with Crippen molar-refractivity contribution < 1.29 is 18.0 Å². The van der Waals surface area contributed by atoms with Gasteiger partial charge in [-0.25, -0.2) is 9.97 Å². The van der Waals surface area contributed by atoms with E-state index < -0.39 is 11.9 Å². The van der Waals surface area contributed by atoms with E-state index in [1.165, 1.54) is 12.3 Å². The summed E-state index contributed by atoms with van der Waals surface area (Å²) in [5.74, 6) is 2.11. The SMILES string of the molecule is Cc1nc(CC2CC(N(C)Cc3ccc(C(F)(F)F)nc3)C2)nc2c1NC(=O)[C@H](C(C)C)N2C.S. The monoisotopic (exact) mass is 510 g/mol. The van der Waals surface area contributed by atoms with Crippen LogP contribution in [0.25, 0.3) is 0 Å². The first-order valence-corrected chi connectivity index (χ1v) is 11.6. The van der Waals surface area contributed by atoms with Gasteiger partial charge in [-0.2, -0.15) is 26.7 Å². The fourth-order valence-corrected chi connectivity index (χ4v) is 4.95. The van der Waals surface area contributed by atoms with E-state index in [9.17, 15) is 18.0 Å². The van der Waals surface area contributed by atoms with Gasteiger partial charge in [-0.05, 0) is 50.3 Å². The molecule has 2 aliphatic rings. The zero-order valence-corrected chi connectivity index (χ0v) is 21.6. The van der Waals surface area contributed by atoms with Crippen molar-refractivity contribution in [3.63, 3.8) is 0 Å². The van der Waals surface area contributed by atoms with E-state index in [-0.39, 0.29) is 31.4 Å². The molecule has 11 heteroatoms. The molecule has 192 valence electrons. The third-order valence-electron chi connectivity index (χ3n) is 6.87. The third kappa shape index (κ3) is 5.72. The first-order chi connectivity index (χ1) is 15.9. The molecule has 4 rings (SSSR count). The van der Waals surface area contributed by atoms with Crippen molar-refractivity contribution in [1.82, 2.24) is 19.9 Å². The van der Waals surface area contributed by atoms with Gasteiger partial charge in [0.1, 0.15) is 23.2 Å². The van der Waals surface area contributed by atoms with Gasteiger partial charge in [0.2, 0.25) is 5.91 Å². The molecule has 2 aromatic rings. The van der Waals surface area contributed by atoms with Crippen LogP contribution in [0.1, 0.15) is 49.5 Å². The molecule has 7 nitrogen and oxygen atoms in total. The quantitative estimate of drug-likeness (QED) is 0.629. The number of halogens is 3. The summed E-state index contributed by atoms with van der Waals surface area (Å²) in [4.78, 5) is 29.6. The molecule has 1 atom stereocenters. The van der Waals surface area contributed by atoms with Crippen molar-refractivity contribution in [2.45, 2.75) is 64.8 Å². The van der Waals surface area contributed by atoms with E-state index in [4.69, 9.17) is 4.98 Å². The lowest BCUT2D eigenvalue weighted by Gasteiger charge is -2.41. The predicted molar refractivity (Wildman–Crippen MR) is 134 cm³/mol. The maximum Gasteiger partial charge on any atom is 0.433 e. The average molecular weight is 511 g/mol. The Morgan fingerprint density at radius 2 is 1.91 bits per heavy atom. The van der Waals surface area contributed by atoms with Crippen molar-refractivity contribution in [3.05, 3.63) is 41.1 Å². The van der Waals surface area contributed by atoms with Crippen LogP contribution in [-0.4, -0.2) is 51.9 Å². The van der Waals surface area contributed by atoms with Crippen LogP contribution in [0.2, 0.25) is 0 Å². The molecular formula is C24H33F3N6OS. The van der Waals surface area contributed by atoms with E-state index in [0.717, 1.165) is 48.2 Å². The molecule has 1 amide bonds. The Balaban J connectivity index is 0.00000342. The summed E-state index contributed by atoms with van der Waals surface area (Å²) in [6, 6.07) is 2.62. The van der Waals surface area contributed by atoms with Crippen molar-refractivity contribution in [1.29, 1.82) is 0 Å². The topological polar surface area (TPSA) is 74.2 Å². The number of aryl methyl sites for hydroxylation is 1. The Labute approximate surface area is 211 Å². The molecule has 0 aromatic carbocycles. The normalized spacial score (nSPS) is 21.9. The smallest absolute Gasteiger partial charge is 0.346 e. The van der Waals surface area contributed by atoms with Crippen molar-refractivity contribution >= 4 is 30.9 Å². The number of aromatic nitrogens is 3. The van der Waals surface area contributed by atoms with Gasteiger partial charge in [-0.3, -0.25) is 14.7 Å². The molecule has 1 saturated carbocycles. The molecule has 0 unspecified atom stereocenters. The summed E-state index contributed by atoms with van der Waals surface area (Å²) in [5, 5.41) is 2.98. The lowest BCUT2D eigenvalue weighted by atomic mass is 9.77.